The van der Waals surface area contributed by atoms with Gasteiger partial charge in [-0.3, -0.25) is 0 Å². The Balaban J connectivity index is 0.00000338. The Morgan fingerprint density at radius 2 is 1.77 bits per heavy atom. The summed E-state index contributed by atoms with van der Waals surface area (Å²) < 4.78 is 8.27. The molecule has 2 rings (SSSR count). The highest BCUT2D eigenvalue weighted by molar-refractivity contribution is 7.99. The molecule has 1 aliphatic heterocycles. The van der Waals surface area contributed by atoms with Gasteiger partial charge in [0.2, 0.25) is 0 Å². The highest BCUT2D eigenvalue weighted by atomic mass is 79.9. The van der Waals surface area contributed by atoms with Gasteiger partial charge in [0, 0.05) is 23.4 Å². The zero-order valence-electron chi connectivity index (χ0n) is 16.4. The number of rotatable bonds is 12. The molecule has 2 atom stereocenters. The van der Waals surface area contributed by atoms with Crippen molar-refractivity contribution in [3.05, 3.63) is 42.7 Å². The van der Waals surface area contributed by atoms with Crippen molar-refractivity contribution in [2.24, 2.45) is 5.92 Å². The summed E-state index contributed by atoms with van der Waals surface area (Å²) in [6, 6.07) is 4.36. The first-order valence-electron chi connectivity index (χ1n) is 10.2. The molecule has 2 unspecified atom stereocenters. The van der Waals surface area contributed by atoms with E-state index in [0.29, 0.717) is 0 Å². The number of nitrogens with zero attached hydrogens (tertiary/aromatic N) is 1. The Morgan fingerprint density at radius 1 is 1.12 bits per heavy atom. The molecule has 1 fully saturated rings. The molecule has 0 aromatic carbocycles. The molecule has 1 saturated heterocycles. The van der Waals surface area contributed by atoms with Crippen LogP contribution < -0.4 is 21.5 Å². The van der Waals surface area contributed by atoms with Crippen molar-refractivity contribution in [1.82, 2.24) is 0 Å². The van der Waals surface area contributed by atoms with Crippen LogP contribution in [-0.2, 0) is 11.3 Å². The number of hydrogen-bond acceptors (Lipinski definition) is 2. The maximum Gasteiger partial charge on any atom is 0.169 e. The number of allylic oxidation sites excluding steroid dienone is 1. The lowest BCUT2D eigenvalue weighted by Gasteiger charge is -2.28. The summed E-state index contributed by atoms with van der Waals surface area (Å²) in [5, 5.41) is 0. The van der Waals surface area contributed by atoms with E-state index in [-0.39, 0.29) is 22.4 Å². The lowest BCUT2D eigenvalue weighted by Crippen LogP contribution is -3.00. The van der Waals surface area contributed by atoms with Crippen molar-refractivity contribution in [3.63, 3.8) is 0 Å². The van der Waals surface area contributed by atoms with Crippen LogP contribution in [0.2, 0.25) is 0 Å². The summed E-state index contributed by atoms with van der Waals surface area (Å²) in [6.07, 6.45) is 18.7. The largest absolute Gasteiger partial charge is 1.00 e. The second-order valence-electron chi connectivity index (χ2n) is 7.25. The van der Waals surface area contributed by atoms with E-state index < -0.39 is 0 Å². The molecule has 1 aromatic heterocycles. The fraction of sp³-hybridized carbons (Fsp3) is 0.682. The Kier molecular flexibility index (Phi) is 13.4. The van der Waals surface area contributed by atoms with Gasteiger partial charge in [-0.2, -0.15) is 0 Å². The number of thioether (sulfide) groups is 1. The average molecular weight is 443 g/mol. The third kappa shape index (κ3) is 9.05. The quantitative estimate of drug-likeness (QED) is 0.280. The average Bonchev–Trinajstić information content (AvgIpc) is 2.65. The minimum absolute atomic E-state index is 0. The van der Waals surface area contributed by atoms with Crippen LogP contribution in [0.5, 0.6) is 0 Å². The maximum absolute atomic E-state index is 6.13. The Bertz CT molecular complexity index is 472. The van der Waals surface area contributed by atoms with Crippen molar-refractivity contribution in [2.75, 3.05) is 12.4 Å². The number of unbranched alkanes of at least 4 members (excludes halogenated alkanes) is 7. The van der Waals surface area contributed by atoms with Crippen LogP contribution in [0.4, 0.5) is 0 Å². The molecular weight excluding hydrogens is 406 g/mol. The van der Waals surface area contributed by atoms with Gasteiger partial charge in [-0.05, 0) is 18.4 Å². The van der Waals surface area contributed by atoms with Crippen LogP contribution in [0.3, 0.4) is 0 Å². The van der Waals surface area contributed by atoms with Crippen LogP contribution >= 0.6 is 11.8 Å². The predicted octanol–water partition coefficient (Wildman–Crippen LogP) is 3.07. The Labute approximate surface area is 175 Å². The van der Waals surface area contributed by atoms with Crippen LogP contribution in [0.25, 0.3) is 0 Å². The second-order valence-corrected chi connectivity index (χ2v) is 8.34. The molecule has 26 heavy (non-hydrogen) atoms. The van der Waals surface area contributed by atoms with Crippen molar-refractivity contribution in [2.45, 2.75) is 76.7 Å². The van der Waals surface area contributed by atoms with Crippen molar-refractivity contribution in [3.8, 4) is 0 Å². The normalized spacial score (nSPS) is 19.7. The van der Waals surface area contributed by atoms with Gasteiger partial charge in [0.15, 0.2) is 18.9 Å². The van der Waals surface area contributed by atoms with Crippen LogP contribution in [-0.4, -0.2) is 12.4 Å². The summed E-state index contributed by atoms with van der Waals surface area (Å²) in [5.74, 6) is 1.98. The summed E-state index contributed by atoms with van der Waals surface area (Å²) in [6.45, 7) is 7.85. The zero-order chi connectivity index (χ0) is 17.7. The summed E-state index contributed by atoms with van der Waals surface area (Å²) in [4.78, 5) is 0. The lowest BCUT2D eigenvalue weighted by atomic mass is 10.0. The van der Waals surface area contributed by atoms with Gasteiger partial charge in [0.05, 0.1) is 6.61 Å². The van der Waals surface area contributed by atoms with E-state index in [0.717, 1.165) is 19.1 Å². The molecule has 0 saturated carbocycles. The third-order valence-electron chi connectivity index (χ3n) is 4.96. The van der Waals surface area contributed by atoms with Crippen LogP contribution in [0, 0.1) is 5.92 Å². The van der Waals surface area contributed by atoms with Crippen LogP contribution in [0.15, 0.2) is 37.2 Å². The van der Waals surface area contributed by atoms with Gasteiger partial charge in [0.1, 0.15) is 5.44 Å². The molecule has 0 spiro atoms. The highest BCUT2D eigenvalue weighted by Crippen LogP contribution is 2.37. The molecule has 0 radical (unpaired) electrons. The predicted molar refractivity (Wildman–Crippen MR) is 109 cm³/mol. The van der Waals surface area contributed by atoms with Gasteiger partial charge in [-0.15, -0.1) is 11.8 Å². The molecule has 0 bridgehead atoms. The summed E-state index contributed by atoms with van der Waals surface area (Å²) >= 11 is 1.97. The monoisotopic (exact) mass is 441 g/mol. The number of ether oxygens (including phenoxy) is 1. The second kappa shape index (κ2) is 14.7. The molecule has 0 aliphatic carbocycles. The van der Waals surface area contributed by atoms with Crippen molar-refractivity contribution < 1.29 is 26.3 Å². The van der Waals surface area contributed by atoms with Gasteiger partial charge in [-0.1, -0.05) is 64.9 Å². The Hall–Kier alpha value is -0.320. The molecule has 148 valence electrons. The molecule has 1 aliphatic rings. The van der Waals surface area contributed by atoms with E-state index in [1.54, 1.807) is 0 Å². The number of halogens is 1. The first-order chi connectivity index (χ1) is 12.3. The van der Waals surface area contributed by atoms with E-state index in [9.17, 15) is 0 Å². The zero-order valence-corrected chi connectivity index (χ0v) is 18.8. The standard InChI is InChI=1S/C22H36NOS.BrH/c1-3-5-6-7-8-9-10-11-12-20-18-24-22(25-19-20)21-13-16-23(15-4-2)17-14-21;/h4,13-14,16-17,20,22H,2-3,5-12,15,18-19H2,1H3;1H/q+1;/p-1. The molecule has 1 aromatic rings. The molecular formula is C22H36BrNOS. The molecule has 2 heterocycles. The fourth-order valence-electron chi connectivity index (χ4n) is 3.37. The fourth-order valence-corrected chi connectivity index (χ4v) is 4.60. The maximum atomic E-state index is 6.13. The molecule has 0 amide bonds. The molecule has 4 heteroatoms. The van der Waals surface area contributed by atoms with E-state index >= 15 is 0 Å². The minimum atomic E-state index is 0. The van der Waals surface area contributed by atoms with E-state index in [4.69, 9.17) is 4.74 Å². The van der Waals surface area contributed by atoms with Gasteiger partial charge >= 0.3 is 0 Å². The van der Waals surface area contributed by atoms with Crippen LogP contribution in [0.1, 0.15) is 75.7 Å². The third-order valence-corrected chi connectivity index (χ3v) is 6.34. The first kappa shape index (κ1) is 23.7. The van der Waals surface area contributed by atoms with E-state index in [1.165, 1.54) is 69.1 Å². The van der Waals surface area contributed by atoms with Crippen molar-refractivity contribution >= 4 is 11.8 Å². The van der Waals surface area contributed by atoms with Gasteiger partial charge in [-0.25, -0.2) is 4.57 Å². The van der Waals surface area contributed by atoms with Crippen molar-refractivity contribution in [1.29, 1.82) is 0 Å². The Morgan fingerprint density at radius 3 is 2.35 bits per heavy atom. The smallest absolute Gasteiger partial charge is 0.169 e. The number of aromatic nitrogens is 1. The lowest BCUT2D eigenvalue weighted by molar-refractivity contribution is -0.687. The number of hydrogen-bond donors (Lipinski definition) is 0. The summed E-state index contributed by atoms with van der Waals surface area (Å²) in [5.41, 5.74) is 1.50. The van der Waals surface area contributed by atoms with E-state index in [2.05, 4.69) is 42.6 Å². The molecule has 2 nitrogen and oxygen atoms in total. The number of pyridine rings is 1. The van der Waals surface area contributed by atoms with Gasteiger partial charge < -0.3 is 21.7 Å². The minimum Gasteiger partial charge on any atom is -1.00 e. The molecule has 0 N–H and O–H groups in total. The SMILES string of the molecule is C=CC[n+]1ccc(C2OCC(CCCCCCCCCC)CS2)cc1.[Br-]. The highest BCUT2D eigenvalue weighted by Gasteiger charge is 2.23. The topological polar surface area (TPSA) is 13.1 Å². The van der Waals surface area contributed by atoms with Gasteiger partial charge in [0.25, 0.3) is 0 Å². The summed E-state index contributed by atoms with van der Waals surface area (Å²) in [7, 11) is 0. The van der Waals surface area contributed by atoms with E-state index in [1.807, 2.05) is 17.8 Å². The first-order valence-corrected chi connectivity index (χ1v) is 11.2.